The molecule has 2 aliphatic heterocycles. The zero-order valence-electron chi connectivity index (χ0n) is 11.0. The lowest BCUT2D eigenvalue weighted by Gasteiger charge is -2.20. The van der Waals surface area contributed by atoms with Crippen molar-refractivity contribution in [2.75, 3.05) is 5.32 Å². The lowest BCUT2D eigenvalue weighted by molar-refractivity contribution is -0.120. The third-order valence-corrected chi connectivity index (χ3v) is 4.37. The van der Waals surface area contributed by atoms with Crippen molar-refractivity contribution in [3.8, 4) is 0 Å². The smallest absolute Gasteiger partial charge is 0.229 e. The highest BCUT2D eigenvalue weighted by molar-refractivity contribution is 5.94. The maximum atomic E-state index is 12.4. The highest BCUT2D eigenvalue weighted by atomic mass is 16.2. The molecule has 3 heteroatoms. The van der Waals surface area contributed by atoms with Crippen LogP contribution in [0.4, 0.5) is 5.69 Å². The molecular formula is C15H20N2O. The summed E-state index contributed by atoms with van der Waals surface area (Å²) in [7, 11) is 0. The number of hydrogen-bond acceptors (Lipinski definition) is 2. The largest absolute Gasteiger partial charge is 0.325 e. The first kappa shape index (κ1) is 11.7. The SMILES string of the molecule is Cc1cccc(C)c1NC(=O)C1CC2CCC1N2. The van der Waals surface area contributed by atoms with E-state index in [1.165, 1.54) is 6.42 Å². The van der Waals surface area contributed by atoms with Crippen LogP contribution in [0.1, 0.15) is 30.4 Å². The Morgan fingerprint density at radius 2 is 2.00 bits per heavy atom. The summed E-state index contributed by atoms with van der Waals surface area (Å²) in [6, 6.07) is 7.09. The van der Waals surface area contributed by atoms with Gasteiger partial charge in [-0.2, -0.15) is 0 Å². The van der Waals surface area contributed by atoms with E-state index in [4.69, 9.17) is 0 Å². The number of carbonyl (C=O) groups is 1. The highest BCUT2D eigenvalue weighted by Crippen LogP contribution is 2.34. The molecule has 2 N–H and O–H groups in total. The summed E-state index contributed by atoms with van der Waals surface area (Å²) in [6.07, 6.45) is 3.38. The molecule has 2 fully saturated rings. The Labute approximate surface area is 108 Å². The molecule has 18 heavy (non-hydrogen) atoms. The number of fused-ring (bicyclic) bond motifs is 2. The van der Waals surface area contributed by atoms with Crippen LogP contribution in [0.25, 0.3) is 0 Å². The molecule has 0 radical (unpaired) electrons. The van der Waals surface area contributed by atoms with Gasteiger partial charge in [-0.1, -0.05) is 18.2 Å². The molecule has 2 aliphatic rings. The topological polar surface area (TPSA) is 41.1 Å². The molecule has 2 bridgehead atoms. The minimum absolute atomic E-state index is 0.155. The van der Waals surface area contributed by atoms with Crippen LogP contribution >= 0.6 is 0 Å². The molecule has 1 amide bonds. The molecule has 3 nitrogen and oxygen atoms in total. The lowest BCUT2D eigenvalue weighted by Crippen LogP contribution is -2.33. The fraction of sp³-hybridized carbons (Fsp3) is 0.533. The third-order valence-electron chi connectivity index (χ3n) is 4.37. The molecule has 0 aliphatic carbocycles. The highest BCUT2D eigenvalue weighted by Gasteiger charge is 2.42. The van der Waals surface area contributed by atoms with Gasteiger partial charge >= 0.3 is 0 Å². The van der Waals surface area contributed by atoms with Crippen molar-refractivity contribution in [1.29, 1.82) is 0 Å². The Balaban J connectivity index is 1.75. The number of para-hydroxylation sites is 1. The zero-order chi connectivity index (χ0) is 12.7. The Morgan fingerprint density at radius 3 is 2.56 bits per heavy atom. The van der Waals surface area contributed by atoms with Crippen molar-refractivity contribution >= 4 is 11.6 Å². The molecule has 3 rings (SSSR count). The van der Waals surface area contributed by atoms with E-state index in [1.54, 1.807) is 0 Å². The van der Waals surface area contributed by atoms with Gasteiger partial charge in [0.05, 0.1) is 5.92 Å². The van der Waals surface area contributed by atoms with Crippen LogP contribution in [0, 0.1) is 19.8 Å². The summed E-state index contributed by atoms with van der Waals surface area (Å²) in [5.41, 5.74) is 3.27. The molecule has 0 spiro atoms. The van der Waals surface area contributed by atoms with E-state index < -0.39 is 0 Å². The van der Waals surface area contributed by atoms with E-state index in [2.05, 4.69) is 10.6 Å². The summed E-state index contributed by atoms with van der Waals surface area (Å²) >= 11 is 0. The zero-order valence-corrected chi connectivity index (χ0v) is 11.0. The predicted molar refractivity (Wildman–Crippen MR) is 72.6 cm³/mol. The maximum absolute atomic E-state index is 12.4. The monoisotopic (exact) mass is 244 g/mol. The second-order valence-corrected chi connectivity index (χ2v) is 5.65. The van der Waals surface area contributed by atoms with Gasteiger partial charge in [-0.05, 0) is 44.2 Å². The molecule has 3 unspecified atom stereocenters. The number of hydrogen-bond donors (Lipinski definition) is 2. The Morgan fingerprint density at radius 1 is 1.28 bits per heavy atom. The fourth-order valence-corrected chi connectivity index (χ4v) is 3.34. The van der Waals surface area contributed by atoms with Crippen LogP contribution < -0.4 is 10.6 Å². The molecule has 96 valence electrons. The van der Waals surface area contributed by atoms with Crippen LogP contribution in [0.3, 0.4) is 0 Å². The van der Waals surface area contributed by atoms with Crippen LogP contribution in [-0.4, -0.2) is 18.0 Å². The molecule has 2 saturated heterocycles. The van der Waals surface area contributed by atoms with Gasteiger partial charge in [-0.3, -0.25) is 4.79 Å². The predicted octanol–water partition coefficient (Wildman–Crippen LogP) is 2.38. The van der Waals surface area contributed by atoms with Gasteiger partial charge in [0.15, 0.2) is 0 Å². The van der Waals surface area contributed by atoms with Crippen molar-refractivity contribution in [3.05, 3.63) is 29.3 Å². The molecule has 0 saturated carbocycles. The Hall–Kier alpha value is -1.35. The molecule has 2 heterocycles. The first-order valence-electron chi connectivity index (χ1n) is 6.78. The number of aryl methyl sites for hydroxylation is 2. The van der Waals surface area contributed by atoms with Crippen LogP contribution in [0.5, 0.6) is 0 Å². The van der Waals surface area contributed by atoms with Gasteiger partial charge < -0.3 is 10.6 Å². The summed E-state index contributed by atoms with van der Waals surface area (Å²) in [4.78, 5) is 12.4. The molecule has 1 aromatic rings. The van der Waals surface area contributed by atoms with Crippen LogP contribution in [0.15, 0.2) is 18.2 Å². The number of amides is 1. The van der Waals surface area contributed by atoms with Gasteiger partial charge in [-0.25, -0.2) is 0 Å². The second-order valence-electron chi connectivity index (χ2n) is 5.65. The average molecular weight is 244 g/mol. The first-order valence-corrected chi connectivity index (χ1v) is 6.78. The van der Waals surface area contributed by atoms with E-state index in [9.17, 15) is 4.79 Å². The minimum Gasteiger partial charge on any atom is -0.325 e. The minimum atomic E-state index is 0.155. The number of rotatable bonds is 2. The number of anilines is 1. The van der Waals surface area contributed by atoms with E-state index >= 15 is 0 Å². The first-order chi connectivity index (χ1) is 8.65. The Bertz CT molecular complexity index is 463. The van der Waals surface area contributed by atoms with Gasteiger partial charge in [0, 0.05) is 17.8 Å². The van der Waals surface area contributed by atoms with Gasteiger partial charge in [0.1, 0.15) is 0 Å². The molecule has 0 aromatic heterocycles. The summed E-state index contributed by atoms with van der Waals surface area (Å²) in [5, 5.41) is 6.64. The van der Waals surface area contributed by atoms with Crippen molar-refractivity contribution < 1.29 is 4.79 Å². The molecule has 1 aromatic carbocycles. The number of nitrogens with one attached hydrogen (secondary N) is 2. The fourth-order valence-electron chi connectivity index (χ4n) is 3.34. The lowest BCUT2D eigenvalue weighted by atomic mass is 9.88. The quantitative estimate of drug-likeness (QED) is 0.838. The van der Waals surface area contributed by atoms with E-state index in [0.717, 1.165) is 29.7 Å². The van der Waals surface area contributed by atoms with E-state index in [0.29, 0.717) is 12.1 Å². The van der Waals surface area contributed by atoms with Crippen LogP contribution in [0.2, 0.25) is 0 Å². The van der Waals surface area contributed by atoms with Crippen molar-refractivity contribution in [2.45, 2.75) is 45.2 Å². The van der Waals surface area contributed by atoms with Crippen molar-refractivity contribution in [1.82, 2.24) is 5.32 Å². The summed E-state index contributed by atoms with van der Waals surface area (Å²) < 4.78 is 0. The third kappa shape index (κ3) is 1.93. The Kier molecular flexibility index (Phi) is 2.86. The van der Waals surface area contributed by atoms with Crippen LogP contribution in [-0.2, 0) is 4.79 Å². The summed E-state index contributed by atoms with van der Waals surface area (Å²) in [6.45, 7) is 4.09. The normalized spacial score (nSPS) is 29.6. The van der Waals surface area contributed by atoms with Gasteiger partial charge in [0.2, 0.25) is 5.91 Å². The van der Waals surface area contributed by atoms with Crippen molar-refractivity contribution in [3.63, 3.8) is 0 Å². The van der Waals surface area contributed by atoms with E-state index in [1.807, 2.05) is 32.0 Å². The van der Waals surface area contributed by atoms with Gasteiger partial charge in [-0.15, -0.1) is 0 Å². The number of benzene rings is 1. The van der Waals surface area contributed by atoms with Crippen molar-refractivity contribution in [2.24, 2.45) is 5.92 Å². The summed E-state index contributed by atoms with van der Waals surface area (Å²) in [5.74, 6) is 0.342. The second kappa shape index (κ2) is 4.39. The average Bonchev–Trinajstić information content (AvgIpc) is 2.96. The van der Waals surface area contributed by atoms with Gasteiger partial charge in [0.25, 0.3) is 0 Å². The van der Waals surface area contributed by atoms with E-state index in [-0.39, 0.29) is 11.8 Å². The number of carbonyl (C=O) groups excluding carboxylic acids is 1. The standard InChI is InChI=1S/C15H20N2O/c1-9-4-3-5-10(2)14(9)17-15(18)12-8-11-6-7-13(12)16-11/h3-5,11-13,16H,6-8H2,1-2H3,(H,17,18). The maximum Gasteiger partial charge on any atom is 0.229 e. The molecule has 3 atom stereocenters. The molecular weight excluding hydrogens is 224 g/mol.